The minimum absolute atomic E-state index is 0.0542. The second-order valence-electron chi connectivity index (χ2n) is 5.37. The zero-order chi connectivity index (χ0) is 18.9. The highest BCUT2D eigenvalue weighted by Crippen LogP contribution is 2.12. The van der Waals surface area contributed by atoms with Crippen molar-refractivity contribution in [3.8, 4) is 0 Å². The van der Waals surface area contributed by atoms with Gasteiger partial charge in [-0.25, -0.2) is 18.4 Å². The monoisotopic (exact) mass is 363 g/mol. The second-order valence-corrected chi connectivity index (χ2v) is 5.37. The number of amides is 3. The minimum Gasteiger partial charge on any atom is -0.453 e. The topological polar surface area (TPSA) is 79.5 Å². The molecule has 0 saturated carbocycles. The zero-order valence-electron chi connectivity index (χ0n) is 14.1. The second kappa shape index (κ2) is 9.36. The quantitative estimate of drug-likeness (QED) is 0.737. The summed E-state index contributed by atoms with van der Waals surface area (Å²) >= 11 is 0. The van der Waals surface area contributed by atoms with Crippen molar-refractivity contribution in [2.75, 3.05) is 19.0 Å². The summed E-state index contributed by atoms with van der Waals surface area (Å²) < 4.78 is 31.4. The van der Waals surface area contributed by atoms with Crippen molar-refractivity contribution in [1.29, 1.82) is 0 Å². The fraction of sp³-hybridized carbons (Fsp3) is 0.222. The summed E-state index contributed by atoms with van der Waals surface area (Å²) in [6, 6.07) is 10.0. The molecule has 0 radical (unpaired) electrons. The number of nitrogens with one attached hydrogen (secondary N) is 3. The standard InChI is InChI=1S/C18H19F2N3O3/c1-26-18(25)23-13-7-5-12(6-8-13)11-22-17(24)21-10-9-14-15(19)3-2-4-16(14)20/h2-8H,9-11H2,1H3,(H,23,25)(H2,21,22,24). The number of ether oxygens (including phenoxy) is 1. The summed E-state index contributed by atoms with van der Waals surface area (Å²) in [5.74, 6) is -1.26. The molecule has 0 atom stereocenters. The number of methoxy groups -OCH3 is 1. The van der Waals surface area contributed by atoms with Gasteiger partial charge in [0.15, 0.2) is 0 Å². The van der Waals surface area contributed by atoms with E-state index in [1.807, 2.05) is 0 Å². The molecular weight excluding hydrogens is 344 g/mol. The van der Waals surface area contributed by atoms with Crippen LogP contribution >= 0.6 is 0 Å². The molecule has 2 rings (SSSR count). The highest BCUT2D eigenvalue weighted by molar-refractivity contribution is 5.84. The van der Waals surface area contributed by atoms with Gasteiger partial charge in [0.1, 0.15) is 11.6 Å². The maximum absolute atomic E-state index is 13.5. The summed E-state index contributed by atoms with van der Waals surface area (Å²) in [7, 11) is 1.27. The highest BCUT2D eigenvalue weighted by atomic mass is 19.1. The van der Waals surface area contributed by atoms with Crippen molar-refractivity contribution < 1.29 is 23.1 Å². The first kappa shape index (κ1) is 19.2. The molecule has 3 amide bonds. The number of hydrogen-bond donors (Lipinski definition) is 3. The molecule has 3 N–H and O–H groups in total. The lowest BCUT2D eigenvalue weighted by Gasteiger charge is -2.09. The van der Waals surface area contributed by atoms with Gasteiger partial charge in [0, 0.05) is 24.3 Å². The van der Waals surface area contributed by atoms with Crippen LogP contribution in [0.4, 0.5) is 24.1 Å². The lowest BCUT2D eigenvalue weighted by molar-refractivity contribution is 0.187. The summed E-state index contributed by atoms with van der Waals surface area (Å²) in [5, 5.41) is 7.69. The van der Waals surface area contributed by atoms with Gasteiger partial charge in [-0.05, 0) is 36.2 Å². The van der Waals surface area contributed by atoms with E-state index in [-0.39, 0.29) is 25.1 Å². The van der Waals surface area contributed by atoms with Gasteiger partial charge in [0.2, 0.25) is 0 Å². The maximum atomic E-state index is 13.5. The van der Waals surface area contributed by atoms with Crippen LogP contribution in [-0.2, 0) is 17.7 Å². The summed E-state index contributed by atoms with van der Waals surface area (Å²) in [4.78, 5) is 22.8. The third kappa shape index (κ3) is 5.73. The van der Waals surface area contributed by atoms with E-state index in [2.05, 4.69) is 20.7 Å². The Morgan fingerprint density at radius 2 is 1.65 bits per heavy atom. The number of benzene rings is 2. The lowest BCUT2D eigenvalue weighted by Crippen LogP contribution is -2.36. The van der Waals surface area contributed by atoms with Crippen molar-refractivity contribution in [3.05, 3.63) is 65.2 Å². The SMILES string of the molecule is COC(=O)Nc1ccc(CNC(=O)NCCc2c(F)cccc2F)cc1. The van der Waals surface area contributed by atoms with Crippen LogP contribution in [-0.4, -0.2) is 25.8 Å². The van der Waals surface area contributed by atoms with E-state index in [9.17, 15) is 18.4 Å². The van der Waals surface area contributed by atoms with Gasteiger partial charge >= 0.3 is 12.1 Å². The Labute approximate surface area is 149 Å². The van der Waals surface area contributed by atoms with Crippen LogP contribution in [0.1, 0.15) is 11.1 Å². The fourth-order valence-corrected chi connectivity index (χ4v) is 2.19. The van der Waals surface area contributed by atoms with E-state index in [1.165, 1.54) is 25.3 Å². The van der Waals surface area contributed by atoms with E-state index < -0.39 is 23.8 Å². The van der Waals surface area contributed by atoms with Crippen LogP contribution in [0.2, 0.25) is 0 Å². The molecule has 6 nitrogen and oxygen atoms in total. The molecule has 0 aliphatic carbocycles. The Hall–Kier alpha value is -3.16. The molecule has 0 fully saturated rings. The smallest absolute Gasteiger partial charge is 0.411 e. The van der Waals surface area contributed by atoms with E-state index >= 15 is 0 Å². The van der Waals surface area contributed by atoms with Gasteiger partial charge in [-0.2, -0.15) is 0 Å². The molecule has 2 aromatic rings. The average Bonchev–Trinajstić information content (AvgIpc) is 2.63. The first-order valence-electron chi connectivity index (χ1n) is 7.88. The van der Waals surface area contributed by atoms with E-state index in [0.29, 0.717) is 5.69 Å². The molecule has 0 spiro atoms. The minimum atomic E-state index is -0.632. The van der Waals surface area contributed by atoms with Crippen molar-refractivity contribution in [2.45, 2.75) is 13.0 Å². The van der Waals surface area contributed by atoms with Crippen LogP contribution in [0.25, 0.3) is 0 Å². The number of carbonyl (C=O) groups is 2. The molecule has 0 aliphatic heterocycles. The van der Waals surface area contributed by atoms with Gasteiger partial charge in [-0.3, -0.25) is 5.32 Å². The molecule has 0 aromatic heterocycles. The van der Waals surface area contributed by atoms with E-state index in [4.69, 9.17) is 0 Å². The Morgan fingerprint density at radius 3 is 2.27 bits per heavy atom. The number of anilines is 1. The summed E-state index contributed by atoms with van der Waals surface area (Å²) in [5.41, 5.74) is 1.33. The molecule has 0 aliphatic rings. The van der Waals surface area contributed by atoms with Gasteiger partial charge in [-0.1, -0.05) is 18.2 Å². The summed E-state index contributed by atoms with van der Waals surface area (Å²) in [6.45, 7) is 0.365. The molecular formula is C18H19F2N3O3. The number of carbonyl (C=O) groups excluding carboxylic acids is 2. The third-order valence-electron chi connectivity index (χ3n) is 3.56. The number of urea groups is 1. The Kier molecular flexibility index (Phi) is 6.90. The predicted molar refractivity (Wildman–Crippen MR) is 92.8 cm³/mol. The fourth-order valence-electron chi connectivity index (χ4n) is 2.19. The highest BCUT2D eigenvalue weighted by Gasteiger charge is 2.08. The molecule has 0 bridgehead atoms. The number of halogens is 2. The van der Waals surface area contributed by atoms with E-state index in [0.717, 1.165) is 5.56 Å². The van der Waals surface area contributed by atoms with Gasteiger partial charge in [0.25, 0.3) is 0 Å². The third-order valence-corrected chi connectivity index (χ3v) is 3.56. The van der Waals surface area contributed by atoms with Gasteiger partial charge < -0.3 is 15.4 Å². The van der Waals surface area contributed by atoms with Crippen LogP contribution in [0.5, 0.6) is 0 Å². The molecule has 2 aromatic carbocycles. The van der Waals surface area contributed by atoms with Crippen molar-refractivity contribution in [1.82, 2.24) is 10.6 Å². The lowest BCUT2D eigenvalue weighted by atomic mass is 10.1. The molecule has 138 valence electrons. The number of hydrogen-bond acceptors (Lipinski definition) is 3. The average molecular weight is 363 g/mol. The van der Waals surface area contributed by atoms with Crippen LogP contribution in [0.3, 0.4) is 0 Å². The Morgan fingerprint density at radius 1 is 1.00 bits per heavy atom. The Bertz CT molecular complexity index is 747. The van der Waals surface area contributed by atoms with Crippen LogP contribution in [0.15, 0.2) is 42.5 Å². The predicted octanol–water partition coefficient (Wildman–Crippen LogP) is 3.19. The molecule has 8 heteroatoms. The van der Waals surface area contributed by atoms with Crippen molar-refractivity contribution >= 4 is 17.8 Å². The zero-order valence-corrected chi connectivity index (χ0v) is 14.1. The Balaban J connectivity index is 1.74. The van der Waals surface area contributed by atoms with E-state index in [1.54, 1.807) is 24.3 Å². The van der Waals surface area contributed by atoms with Crippen LogP contribution in [0, 0.1) is 11.6 Å². The first-order chi connectivity index (χ1) is 12.5. The molecule has 0 saturated heterocycles. The van der Waals surface area contributed by atoms with Crippen LogP contribution < -0.4 is 16.0 Å². The first-order valence-corrected chi connectivity index (χ1v) is 7.88. The van der Waals surface area contributed by atoms with Gasteiger partial charge in [0.05, 0.1) is 7.11 Å². The summed E-state index contributed by atoms with van der Waals surface area (Å²) in [6.07, 6.45) is -0.513. The molecule has 26 heavy (non-hydrogen) atoms. The van der Waals surface area contributed by atoms with Gasteiger partial charge in [-0.15, -0.1) is 0 Å². The largest absolute Gasteiger partial charge is 0.453 e. The molecule has 0 unspecified atom stereocenters. The maximum Gasteiger partial charge on any atom is 0.411 e. The normalized spacial score (nSPS) is 10.1. The number of rotatable bonds is 6. The van der Waals surface area contributed by atoms with Crippen molar-refractivity contribution in [2.24, 2.45) is 0 Å². The van der Waals surface area contributed by atoms with Crippen molar-refractivity contribution in [3.63, 3.8) is 0 Å². The molecule has 0 heterocycles.